The van der Waals surface area contributed by atoms with Gasteiger partial charge < -0.3 is 9.47 Å². The highest BCUT2D eigenvalue weighted by Gasteiger charge is 2.31. The predicted molar refractivity (Wildman–Crippen MR) is 60.1 cm³/mol. The predicted octanol–water partition coefficient (Wildman–Crippen LogP) is 2.26. The van der Waals surface area contributed by atoms with E-state index in [1.54, 1.807) is 0 Å². The van der Waals surface area contributed by atoms with Crippen molar-refractivity contribution in [3.63, 3.8) is 0 Å². The minimum atomic E-state index is -0.710. The van der Waals surface area contributed by atoms with Gasteiger partial charge in [0.15, 0.2) is 0 Å². The summed E-state index contributed by atoms with van der Waals surface area (Å²) in [5, 5.41) is 0. The fourth-order valence-corrected chi connectivity index (χ4v) is 6.14. The third-order valence-electron chi connectivity index (χ3n) is 3.39. The summed E-state index contributed by atoms with van der Waals surface area (Å²) in [4.78, 5) is 0. The molecule has 0 aliphatic carbocycles. The number of hydrogen-bond donors (Lipinski definition) is 0. The summed E-state index contributed by atoms with van der Waals surface area (Å²) in [5.41, 5.74) is 0.784. The lowest BCUT2D eigenvalue weighted by Gasteiger charge is -2.30. The van der Waals surface area contributed by atoms with Crippen LogP contribution in [-0.4, -0.2) is 28.7 Å². The van der Waals surface area contributed by atoms with Crippen LogP contribution in [0.4, 0.5) is 0 Å². The van der Waals surface area contributed by atoms with Crippen LogP contribution in [0.15, 0.2) is 11.8 Å². The van der Waals surface area contributed by atoms with Gasteiger partial charge in [-0.1, -0.05) is 18.9 Å². The fraction of sp³-hybridized carbons (Fsp3) is 0.818. The maximum absolute atomic E-state index is 5.71. The zero-order valence-electron chi connectivity index (χ0n) is 9.00. The van der Waals surface area contributed by atoms with Gasteiger partial charge in [-0.2, -0.15) is 0 Å². The Kier molecular flexibility index (Phi) is 3.65. The standard InChI is InChI=1S/C11H20O2Si/c1-12-9-14-8-3-2-6-11(14)10-5-4-7-13-10/h5,11,14H,2-4,6-9H2,1H3. The molecular weight excluding hydrogens is 192 g/mol. The minimum Gasteiger partial charge on any atom is -0.498 e. The van der Waals surface area contributed by atoms with Gasteiger partial charge in [-0.25, -0.2) is 0 Å². The summed E-state index contributed by atoms with van der Waals surface area (Å²) < 4.78 is 11.1. The third-order valence-corrected chi connectivity index (χ3v) is 7.10. The summed E-state index contributed by atoms with van der Waals surface area (Å²) in [6.07, 6.45) is 8.63. The Morgan fingerprint density at radius 3 is 3.21 bits per heavy atom. The highest BCUT2D eigenvalue weighted by atomic mass is 28.3. The summed E-state index contributed by atoms with van der Waals surface area (Å²) in [5.74, 6) is 1.32. The molecular formula is C11H20O2Si. The van der Waals surface area contributed by atoms with Crippen molar-refractivity contribution < 1.29 is 9.47 Å². The SMILES string of the molecule is COC[SiH]1CCCCC1C1=CCCO1. The molecule has 2 heterocycles. The van der Waals surface area contributed by atoms with Gasteiger partial charge in [0.1, 0.15) is 0 Å². The molecule has 2 unspecified atom stereocenters. The molecule has 0 saturated carbocycles. The molecule has 2 atom stereocenters. The van der Waals surface area contributed by atoms with E-state index in [0.717, 1.165) is 24.8 Å². The van der Waals surface area contributed by atoms with Crippen LogP contribution in [0.25, 0.3) is 0 Å². The van der Waals surface area contributed by atoms with Gasteiger partial charge in [0.05, 0.1) is 21.2 Å². The van der Waals surface area contributed by atoms with Crippen LogP contribution in [-0.2, 0) is 9.47 Å². The first-order chi connectivity index (χ1) is 6.92. The smallest absolute Gasteiger partial charge is 0.0923 e. The lowest BCUT2D eigenvalue weighted by atomic mass is 10.1. The molecule has 0 radical (unpaired) electrons. The Balaban J connectivity index is 1.98. The van der Waals surface area contributed by atoms with Crippen molar-refractivity contribution in [3.05, 3.63) is 11.8 Å². The zero-order chi connectivity index (χ0) is 9.80. The van der Waals surface area contributed by atoms with Crippen LogP contribution >= 0.6 is 0 Å². The van der Waals surface area contributed by atoms with Gasteiger partial charge in [-0.3, -0.25) is 0 Å². The normalized spacial score (nSPS) is 32.5. The molecule has 3 heteroatoms. The lowest BCUT2D eigenvalue weighted by Crippen LogP contribution is -2.31. The Hall–Kier alpha value is -0.283. The van der Waals surface area contributed by atoms with Gasteiger partial charge in [0.2, 0.25) is 0 Å². The average Bonchev–Trinajstić information content (AvgIpc) is 2.72. The lowest BCUT2D eigenvalue weighted by molar-refractivity contribution is 0.221. The fourth-order valence-electron chi connectivity index (χ4n) is 2.69. The van der Waals surface area contributed by atoms with Crippen molar-refractivity contribution >= 4 is 8.80 Å². The van der Waals surface area contributed by atoms with Crippen molar-refractivity contribution in [1.29, 1.82) is 0 Å². The molecule has 0 N–H and O–H groups in total. The highest BCUT2D eigenvalue weighted by Crippen LogP contribution is 2.37. The summed E-state index contributed by atoms with van der Waals surface area (Å²) in [7, 11) is 1.13. The van der Waals surface area contributed by atoms with Crippen molar-refractivity contribution in [2.45, 2.75) is 37.3 Å². The Morgan fingerprint density at radius 1 is 1.57 bits per heavy atom. The number of hydrogen-bond acceptors (Lipinski definition) is 2. The van der Waals surface area contributed by atoms with E-state index in [9.17, 15) is 0 Å². The second kappa shape index (κ2) is 4.98. The van der Waals surface area contributed by atoms with Crippen molar-refractivity contribution in [2.24, 2.45) is 0 Å². The molecule has 1 saturated heterocycles. The van der Waals surface area contributed by atoms with Crippen LogP contribution in [0.3, 0.4) is 0 Å². The molecule has 14 heavy (non-hydrogen) atoms. The van der Waals surface area contributed by atoms with Gasteiger partial charge in [0, 0.05) is 25.3 Å². The first-order valence-electron chi connectivity index (χ1n) is 5.73. The van der Waals surface area contributed by atoms with Crippen LogP contribution < -0.4 is 0 Å². The maximum Gasteiger partial charge on any atom is 0.0923 e. The topological polar surface area (TPSA) is 18.5 Å². The van der Waals surface area contributed by atoms with E-state index < -0.39 is 8.80 Å². The van der Waals surface area contributed by atoms with Crippen molar-refractivity contribution in [2.75, 3.05) is 19.9 Å². The third kappa shape index (κ3) is 2.20. The highest BCUT2D eigenvalue weighted by molar-refractivity contribution is 6.61. The first-order valence-corrected chi connectivity index (χ1v) is 8.03. The number of allylic oxidation sites excluding steroid dienone is 1. The van der Waals surface area contributed by atoms with E-state index in [1.807, 2.05) is 7.11 Å². The zero-order valence-corrected chi connectivity index (χ0v) is 10.2. The van der Waals surface area contributed by atoms with Crippen LogP contribution in [0.5, 0.6) is 0 Å². The van der Waals surface area contributed by atoms with Gasteiger partial charge in [0.25, 0.3) is 0 Å². The van der Waals surface area contributed by atoms with Gasteiger partial charge >= 0.3 is 0 Å². The summed E-state index contributed by atoms with van der Waals surface area (Å²) >= 11 is 0. The minimum absolute atomic E-state index is 0.710. The van der Waals surface area contributed by atoms with Crippen molar-refractivity contribution in [3.8, 4) is 0 Å². The number of ether oxygens (including phenoxy) is 2. The average molecular weight is 212 g/mol. The van der Waals surface area contributed by atoms with E-state index in [2.05, 4.69) is 6.08 Å². The van der Waals surface area contributed by atoms with Gasteiger partial charge in [-0.05, 0) is 12.5 Å². The second-order valence-electron chi connectivity index (χ2n) is 4.35. The molecule has 0 spiro atoms. The van der Waals surface area contributed by atoms with E-state index in [4.69, 9.17) is 9.47 Å². The molecule has 0 bridgehead atoms. The summed E-state index contributed by atoms with van der Waals surface area (Å²) in [6, 6.07) is 1.44. The Morgan fingerprint density at radius 2 is 2.50 bits per heavy atom. The molecule has 2 rings (SSSR count). The van der Waals surface area contributed by atoms with E-state index in [0.29, 0.717) is 0 Å². The molecule has 0 aromatic carbocycles. The van der Waals surface area contributed by atoms with E-state index >= 15 is 0 Å². The van der Waals surface area contributed by atoms with Crippen LogP contribution in [0, 0.1) is 0 Å². The number of methoxy groups -OCH3 is 1. The quantitative estimate of drug-likeness (QED) is 0.668. The molecule has 0 aromatic heterocycles. The second-order valence-corrected chi connectivity index (χ2v) is 7.59. The first kappa shape index (κ1) is 10.2. The molecule has 80 valence electrons. The van der Waals surface area contributed by atoms with E-state index in [1.165, 1.54) is 31.1 Å². The molecule has 1 fully saturated rings. The molecule has 2 aliphatic heterocycles. The monoisotopic (exact) mass is 212 g/mol. The molecule has 2 nitrogen and oxygen atoms in total. The van der Waals surface area contributed by atoms with Crippen molar-refractivity contribution in [1.82, 2.24) is 0 Å². The van der Waals surface area contributed by atoms with E-state index in [-0.39, 0.29) is 0 Å². The molecule has 2 aliphatic rings. The maximum atomic E-state index is 5.71. The summed E-state index contributed by atoms with van der Waals surface area (Å²) in [6.45, 7) is 0.917. The molecule has 0 amide bonds. The Labute approximate surface area is 87.9 Å². The van der Waals surface area contributed by atoms with Crippen LogP contribution in [0.1, 0.15) is 25.7 Å². The molecule has 0 aromatic rings. The largest absolute Gasteiger partial charge is 0.498 e. The number of rotatable bonds is 3. The Bertz CT molecular complexity index is 213. The van der Waals surface area contributed by atoms with Gasteiger partial charge in [-0.15, -0.1) is 0 Å². The van der Waals surface area contributed by atoms with Crippen LogP contribution in [0.2, 0.25) is 11.6 Å².